The summed E-state index contributed by atoms with van der Waals surface area (Å²) in [7, 11) is 1.71. The molecule has 1 aromatic heterocycles. The maximum Gasteiger partial charge on any atom is 0.229 e. The van der Waals surface area contributed by atoms with Crippen molar-refractivity contribution in [1.82, 2.24) is 14.8 Å². The van der Waals surface area contributed by atoms with Gasteiger partial charge in [-0.15, -0.1) is 10.2 Å². The molecule has 0 saturated carbocycles. The summed E-state index contributed by atoms with van der Waals surface area (Å²) in [5, 5.41) is 11.0. The molecule has 2 rings (SSSR count). The maximum absolute atomic E-state index is 10.8. The molecule has 1 N–H and O–H groups in total. The molecule has 0 spiro atoms. The highest BCUT2D eigenvalue weighted by Crippen LogP contribution is 2.19. The fraction of sp³-hybridized carbons (Fsp3) is 0.100. The summed E-state index contributed by atoms with van der Waals surface area (Å²) >= 11 is 5.89. The SMILES string of the molecule is CNc1nnc(C=O)n1-c1cccc(Cl)c1. The predicted octanol–water partition coefficient (Wildman–Crippen LogP) is 1.77. The Morgan fingerprint density at radius 3 is 2.88 bits per heavy atom. The molecule has 0 amide bonds. The minimum absolute atomic E-state index is 0.228. The molecule has 0 radical (unpaired) electrons. The van der Waals surface area contributed by atoms with Gasteiger partial charge in [0.15, 0.2) is 6.29 Å². The minimum atomic E-state index is 0.228. The first-order valence-electron chi connectivity index (χ1n) is 4.60. The molecule has 0 atom stereocenters. The Morgan fingerprint density at radius 1 is 1.44 bits per heavy atom. The number of carbonyl (C=O) groups excluding carboxylic acids is 1. The van der Waals surface area contributed by atoms with Crippen molar-refractivity contribution in [1.29, 1.82) is 0 Å². The van der Waals surface area contributed by atoms with Crippen molar-refractivity contribution in [3.63, 3.8) is 0 Å². The number of rotatable bonds is 3. The van der Waals surface area contributed by atoms with Gasteiger partial charge in [-0.05, 0) is 18.2 Å². The molecule has 0 fully saturated rings. The number of carbonyl (C=O) groups is 1. The van der Waals surface area contributed by atoms with Crippen LogP contribution in [0.3, 0.4) is 0 Å². The summed E-state index contributed by atoms with van der Waals surface area (Å²) in [5.74, 6) is 0.719. The molecule has 16 heavy (non-hydrogen) atoms. The van der Waals surface area contributed by atoms with Gasteiger partial charge in [-0.1, -0.05) is 17.7 Å². The highest BCUT2D eigenvalue weighted by Gasteiger charge is 2.11. The van der Waals surface area contributed by atoms with Gasteiger partial charge in [-0.2, -0.15) is 0 Å². The third-order valence-corrected chi connectivity index (χ3v) is 2.32. The van der Waals surface area contributed by atoms with E-state index >= 15 is 0 Å². The van der Waals surface area contributed by atoms with E-state index in [0.29, 0.717) is 17.3 Å². The third-order valence-electron chi connectivity index (χ3n) is 2.08. The largest absolute Gasteiger partial charge is 0.357 e. The van der Waals surface area contributed by atoms with Gasteiger partial charge in [0.05, 0.1) is 5.69 Å². The zero-order chi connectivity index (χ0) is 11.5. The quantitative estimate of drug-likeness (QED) is 0.826. The number of nitrogens with one attached hydrogen (secondary N) is 1. The molecule has 1 heterocycles. The number of halogens is 1. The molecule has 5 nitrogen and oxygen atoms in total. The molecule has 82 valence electrons. The molecular weight excluding hydrogens is 228 g/mol. The van der Waals surface area contributed by atoms with E-state index in [1.807, 2.05) is 6.07 Å². The summed E-state index contributed by atoms with van der Waals surface area (Å²) in [4.78, 5) is 10.8. The second kappa shape index (κ2) is 4.32. The van der Waals surface area contributed by atoms with Gasteiger partial charge >= 0.3 is 0 Å². The van der Waals surface area contributed by atoms with E-state index in [4.69, 9.17) is 11.6 Å². The number of anilines is 1. The molecule has 0 bridgehead atoms. The van der Waals surface area contributed by atoms with Crippen LogP contribution < -0.4 is 5.32 Å². The minimum Gasteiger partial charge on any atom is -0.357 e. The molecule has 0 unspecified atom stereocenters. The van der Waals surface area contributed by atoms with Crippen molar-refractivity contribution in [2.75, 3.05) is 12.4 Å². The number of aldehydes is 1. The summed E-state index contributed by atoms with van der Waals surface area (Å²) in [6.45, 7) is 0. The summed E-state index contributed by atoms with van der Waals surface area (Å²) in [6, 6.07) is 7.11. The van der Waals surface area contributed by atoms with Gasteiger partial charge in [-0.3, -0.25) is 9.36 Å². The second-order valence-electron chi connectivity index (χ2n) is 3.06. The van der Waals surface area contributed by atoms with Crippen molar-refractivity contribution in [3.8, 4) is 5.69 Å². The van der Waals surface area contributed by atoms with Crippen LogP contribution >= 0.6 is 11.6 Å². The standard InChI is InChI=1S/C10H9ClN4O/c1-12-10-14-13-9(6-16)15(10)8-4-2-3-7(11)5-8/h2-6H,1H3,(H,12,14). The Hall–Kier alpha value is -1.88. The van der Waals surface area contributed by atoms with E-state index in [2.05, 4.69) is 15.5 Å². The maximum atomic E-state index is 10.8. The molecule has 2 aromatic rings. The van der Waals surface area contributed by atoms with Crippen LogP contribution in [0.2, 0.25) is 5.02 Å². The smallest absolute Gasteiger partial charge is 0.229 e. The molecule has 1 aromatic carbocycles. The van der Waals surface area contributed by atoms with E-state index in [9.17, 15) is 4.79 Å². The number of nitrogens with zero attached hydrogens (tertiary/aromatic N) is 3. The Balaban J connectivity index is 2.61. The van der Waals surface area contributed by atoms with Crippen molar-refractivity contribution < 1.29 is 4.79 Å². The van der Waals surface area contributed by atoms with E-state index in [0.717, 1.165) is 5.69 Å². The molecule has 0 aliphatic rings. The zero-order valence-electron chi connectivity index (χ0n) is 8.51. The van der Waals surface area contributed by atoms with Gasteiger partial charge in [0.1, 0.15) is 0 Å². The van der Waals surface area contributed by atoms with E-state index in [1.54, 1.807) is 29.8 Å². The highest BCUT2D eigenvalue weighted by molar-refractivity contribution is 6.30. The normalized spacial score (nSPS) is 10.1. The Labute approximate surface area is 97.1 Å². The van der Waals surface area contributed by atoms with Gasteiger partial charge in [-0.25, -0.2) is 0 Å². The second-order valence-corrected chi connectivity index (χ2v) is 3.50. The Bertz CT molecular complexity index is 523. The first-order valence-corrected chi connectivity index (χ1v) is 4.98. The number of benzene rings is 1. The molecule has 6 heteroatoms. The zero-order valence-corrected chi connectivity index (χ0v) is 9.27. The summed E-state index contributed by atoms with van der Waals surface area (Å²) < 4.78 is 1.60. The monoisotopic (exact) mass is 236 g/mol. The van der Waals surface area contributed by atoms with Gasteiger partial charge in [0, 0.05) is 12.1 Å². The van der Waals surface area contributed by atoms with Gasteiger partial charge in [0.25, 0.3) is 0 Å². The lowest BCUT2D eigenvalue weighted by molar-refractivity contribution is 0.111. The van der Waals surface area contributed by atoms with Gasteiger partial charge in [0.2, 0.25) is 11.8 Å². The number of hydrogen-bond donors (Lipinski definition) is 1. The van der Waals surface area contributed by atoms with Crippen LogP contribution in [0.4, 0.5) is 5.95 Å². The Morgan fingerprint density at radius 2 is 2.25 bits per heavy atom. The Kier molecular flexibility index (Phi) is 2.87. The first kappa shape index (κ1) is 10.6. The summed E-state index contributed by atoms with van der Waals surface area (Å²) in [6.07, 6.45) is 0.648. The van der Waals surface area contributed by atoms with Crippen LogP contribution in [0.15, 0.2) is 24.3 Å². The fourth-order valence-electron chi connectivity index (χ4n) is 1.40. The van der Waals surface area contributed by atoms with Crippen LogP contribution in [0.5, 0.6) is 0 Å². The molecular formula is C10H9ClN4O. The van der Waals surface area contributed by atoms with Crippen molar-refractivity contribution in [2.45, 2.75) is 0 Å². The lowest BCUT2D eigenvalue weighted by Crippen LogP contribution is -2.04. The number of hydrogen-bond acceptors (Lipinski definition) is 4. The van der Waals surface area contributed by atoms with Crippen LogP contribution in [-0.4, -0.2) is 28.1 Å². The number of aromatic nitrogens is 3. The fourth-order valence-corrected chi connectivity index (χ4v) is 1.59. The van der Waals surface area contributed by atoms with Crippen LogP contribution in [0.25, 0.3) is 5.69 Å². The van der Waals surface area contributed by atoms with Crippen LogP contribution in [0.1, 0.15) is 10.6 Å². The predicted molar refractivity (Wildman–Crippen MR) is 61.3 cm³/mol. The lowest BCUT2D eigenvalue weighted by atomic mass is 10.3. The van der Waals surface area contributed by atoms with Gasteiger partial charge < -0.3 is 5.32 Å². The average Bonchev–Trinajstić information content (AvgIpc) is 2.71. The molecule has 0 aliphatic carbocycles. The molecule has 0 saturated heterocycles. The van der Waals surface area contributed by atoms with Crippen molar-refractivity contribution in [2.24, 2.45) is 0 Å². The van der Waals surface area contributed by atoms with E-state index in [1.165, 1.54) is 0 Å². The summed E-state index contributed by atoms with van der Waals surface area (Å²) in [5.41, 5.74) is 0.740. The third kappa shape index (κ3) is 1.77. The van der Waals surface area contributed by atoms with Crippen molar-refractivity contribution >= 4 is 23.8 Å². The van der Waals surface area contributed by atoms with E-state index in [-0.39, 0.29) is 5.82 Å². The topological polar surface area (TPSA) is 59.8 Å². The van der Waals surface area contributed by atoms with Crippen molar-refractivity contribution in [3.05, 3.63) is 35.1 Å². The van der Waals surface area contributed by atoms with Crippen LogP contribution in [-0.2, 0) is 0 Å². The van der Waals surface area contributed by atoms with Crippen LogP contribution in [0, 0.1) is 0 Å². The van der Waals surface area contributed by atoms with E-state index < -0.39 is 0 Å². The molecule has 0 aliphatic heterocycles. The highest BCUT2D eigenvalue weighted by atomic mass is 35.5. The average molecular weight is 237 g/mol. The lowest BCUT2D eigenvalue weighted by Gasteiger charge is -2.07. The first-order chi connectivity index (χ1) is 7.76.